The Morgan fingerprint density at radius 1 is 1.07 bits per heavy atom. The van der Waals surface area contributed by atoms with E-state index in [1.54, 1.807) is 42.5 Å². The highest BCUT2D eigenvalue weighted by atomic mass is 16.5. The summed E-state index contributed by atoms with van der Waals surface area (Å²) in [6.07, 6.45) is 1.88. The normalized spacial score (nSPS) is 12.9. The van der Waals surface area contributed by atoms with Gasteiger partial charge in [-0.2, -0.15) is 0 Å². The predicted molar refractivity (Wildman–Crippen MR) is 98.5 cm³/mol. The Balaban J connectivity index is 1.52. The van der Waals surface area contributed by atoms with E-state index in [-0.39, 0.29) is 24.3 Å². The van der Waals surface area contributed by atoms with Crippen LogP contribution in [0.1, 0.15) is 28.8 Å². The van der Waals surface area contributed by atoms with Gasteiger partial charge in [-0.1, -0.05) is 12.1 Å². The minimum atomic E-state index is -1.05. The molecule has 0 aliphatic heterocycles. The zero-order valence-corrected chi connectivity index (χ0v) is 14.6. The number of carboxylic acids is 1. The van der Waals surface area contributed by atoms with Crippen molar-refractivity contribution in [2.24, 2.45) is 5.92 Å². The minimum absolute atomic E-state index is 0.0252. The molecule has 0 bridgehead atoms. The molecule has 0 spiro atoms. The van der Waals surface area contributed by atoms with Gasteiger partial charge in [0.15, 0.2) is 6.61 Å². The Morgan fingerprint density at radius 2 is 1.81 bits per heavy atom. The quantitative estimate of drug-likeness (QED) is 0.664. The molecule has 1 aliphatic carbocycles. The second kappa shape index (κ2) is 8.35. The predicted octanol–water partition coefficient (Wildman–Crippen LogP) is 2.43. The van der Waals surface area contributed by atoms with Crippen molar-refractivity contribution in [3.05, 3.63) is 59.7 Å². The SMILES string of the molecule is O=C(O)COc1cccc(CNC(=O)c2ccc(NC(=O)C3CC3)cc2)c1. The molecule has 7 heteroatoms. The fourth-order valence-corrected chi connectivity index (χ4v) is 2.47. The third-order valence-corrected chi connectivity index (χ3v) is 4.08. The van der Waals surface area contributed by atoms with Crippen LogP contribution in [0.5, 0.6) is 5.75 Å². The van der Waals surface area contributed by atoms with Gasteiger partial charge in [-0.05, 0) is 54.8 Å². The first-order valence-electron chi connectivity index (χ1n) is 8.64. The Morgan fingerprint density at radius 3 is 2.48 bits per heavy atom. The molecule has 0 aromatic heterocycles. The molecule has 3 N–H and O–H groups in total. The van der Waals surface area contributed by atoms with Crippen molar-refractivity contribution >= 4 is 23.5 Å². The smallest absolute Gasteiger partial charge is 0.341 e. The first kappa shape index (κ1) is 18.4. The van der Waals surface area contributed by atoms with E-state index in [1.807, 2.05) is 6.07 Å². The molecule has 0 saturated heterocycles. The Labute approximate surface area is 156 Å². The third kappa shape index (κ3) is 5.57. The van der Waals surface area contributed by atoms with Gasteiger partial charge >= 0.3 is 5.97 Å². The van der Waals surface area contributed by atoms with E-state index in [2.05, 4.69) is 10.6 Å². The monoisotopic (exact) mass is 368 g/mol. The number of anilines is 1. The lowest BCUT2D eigenvalue weighted by molar-refractivity contribution is -0.139. The summed E-state index contributed by atoms with van der Waals surface area (Å²) in [6.45, 7) is -0.136. The molecule has 140 valence electrons. The Bertz CT molecular complexity index is 844. The molecule has 1 saturated carbocycles. The first-order valence-corrected chi connectivity index (χ1v) is 8.64. The fraction of sp³-hybridized carbons (Fsp3) is 0.250. The molecule has 27 heavy (non-hydrogen) atoms. The van der Waals surface area contributed by atoms with E-state index < -0.39 is 12.6 Å². The maximum atomic E-state index is 12.3. The lowest BCUT2D eigenvalue weighted by Crippen LogP contribution is -2.22. The number of amides is 2. The Hall–Kier alpha value is -3.35. The van der Waals surface area contributed by atoms with Crippen LogP contribution in [0.4, 0.5) is 5.69 Å². The van der Waals surface area contributed by atoms with Crippen LogP contribution in [0, 0.1) is 5.92 Å². The van der Waals surface area contributed by atoms with Gasteiger partial charge in [-0.15, -0.1) is 0 Å². The summed E-state index contributed by atoms with van der Waals surface area (Å²) in [7, 11) is 0. The molecule has 7 nitrogen and oxygen atoms in total. The molecule has 0 heterocycles. The number of rotatable bonds is 8. The molecule has 0 unspecified atom stereocenters. The lowest BCUT2D eigenvalue weighted by atomic mass is 10.1. The fourth-order valence-electron chi connectivity index (χ4n) is 2.47. The number of carboxylic acid groups (broad SMARTS) is 1. The van der Waals surface area contributed by atoms with Gasteiger partial charge in [0.05, 0.1) is 0 Å². The molecule has 0 atom stereocenters. The van der Waals surface area contributed by atoms with E-state index in [1.165, 1.54) is 0 Å². The number of benzene rings is 2. The van der Waals surface area contributed by atoms with Crippen LogP contribution in [0.25, 0.3) is 0 Å². The van der Waals surface area contributed by atoms with Crippen LogP contribution in [-0.4, -0.2) is 29.5 Å². The van der Waals surface area contributed by atoms with E-state index in [0.717, 1.165) is 18.4 Å². The number of carbonyl (C=O) groups excluding carboxylic acids is 2. The second-order valence-corrected chi connectivity index (χ2v) is 6.35. The number of ether oxygens (including phenoxy) is 1. The van der Waals surface area contributed by atoms with Gasteiger partial charge in [-0.3, -0.25) is 9.59 Å². The highest BCUT2D eigenvalue weighted by Crippen LogP contribution is 2.30. The number of carbonyl (C=O) groups is 3. The van der Waals surface area contributed by atoms with Crippen LogP contribution in [0.3, 0.4) is 0 Å². The van der Waals surface area contributed by atoms with Crippen molar-refractivity contribution in [3.63, 3.8) is 0 Å². The van der Waals surface area contributed by atoms with E-state index in [4.69, 9.17) is 9.84 Å². The molecule has 1 aliphatic rings. The van der Waals surface area contributed by atoms with Gasteiger partial charge < -0.3 is 20.5 Å². The van der Waals surface area contributed by atoms with Gasteiger partial charge in [-0.25, -0.2) is 4.79 Å². The number of hydrogen-bond acceptors (Lipinski definition) is 4. The molecule has 0 radical (unpaired) electrons. The molecule has 2 aromatic rings. The van der Waals surface area contributed by atoms with Crippen molar-refractivity contribution < 1.29 is 24.2 Å². The number of nitrogens with one attached hydrogen (secondary N) is 2. The van der Waals surface area contributed by atoms with Crippen LogP contribution in [-0.2, 0) is 16.1 Å². The summed E-state index contributed by atoms with van der Waals surface area (Å²) < 4.78 is 5.12. The molecule has 3 rings (SSSR count). The van der Waals surface area contributed by atoms with Gasteiger partial charge in [0.1, 0.15) is 5.75 Å². The molecule has 1 fully saturated rings. The summed E-state index contributed by atoms with van der Waals surface area (Å²) >= 11 is 0. The van der Waals surface area contributed by atoms with Crippen LogP contribution in [0.15, 0.2) is 48.5 Å². The maximum absolute atomic E-state index is 12.3. The highest BCUT2D eigenvalue weighted by molar-refractivity contribution is 5.96. The topological polar surface area (TPSA) is 105 Å². The third-order valence-electron chi connectivity index (χ3n) is 4.08. The van der Waals surface area contributed by atoms with E-state index in [9.17, 15) is 14.4 Å². The summed E-state index contributed by atoms with van der Waals surface area (Å²) in [5, 5.41) is 14.3. The Kier molecular flexibility index (Phi) is 5.71. The minimum Gasteiger partial charge on any atom is -0.482 e. The van der Waals surface area contributed by atoms with Gasteiger partial charge in [0, 0.05) is 23.7 Å². The van der Waals surface area contributed by atoms with Crippen molar-refractivity contribution in [2.45, 2.75) is 19.4 Å². The van der Waals surface area contributed by atoms with Crippen molar-refractivity contribution in [3.8, 4) is 5.75 Å². The van der Waals surface area contributed by atoms with Gasteiger partial charge in [0.25, 0.3) is 5.91 Å². The second-order valence-electron chi connectivity index (χ2n) is 6.35. The van der Waals surface area contributed by atoms with E-state index >= 15 is 0 Å². The molecule has 2 aromatic carbocycles. The standard InChI is InChI=1S/C20H20N2O5/c23-18(24)12-27-17-3-1-2-13(10-17)11-21-19(25)14-6-8-16(9-7-14)22-20(26)15-4-5-15/h1-3,6-10,15H,4-5,11-12H2,(H,21,25)(H,22,26)(H,23,24). The first-order chi connectivity index (χ1) is 13.0. The average molecular weight is 368 g/mol. The summed E-state index contributed by atoms with van der Waals surface area (Å²) in [5.41, 5.74) is 1.95. The average Bonchev–Trinajstić information content (AvgIpc) is 3.51. The van der Waals surface area contributed by atoms with Crippen LogP contribution < -0.4 is 15.4 Å². The lowest BCUT2D eigenvalue weighted by Gasteiger charge is -2.09. The summed E-state index contributed by atoms with van der Waals surface area (Å²) in [6, 6.07) is 13.6. The number of hydrogen-bond donors (Lipinski definition) is 3. The van der Waals surface area contributed by atoms with Crippen molar-refractivity contribution in [1.29, 1.82) is 0 Å². The largest absolute Gasteiger partial charge is 0.482 e. The summed E-state index contributed by atoms with van der Waals surface area (Å²) in [4.78, 5) is 34.5. The van der Waals surface area contributed by atoms with Crippen LogP contribution in [0.2, 0.25) is 0 Å². The molecular weight excluding hydrogens is 348 g/mol. The summed E-state index contributed by atoms with van der Waals surface area (Å²) in [5.74, 6) is -0.710. The highest BCUT2D eigenvalue weighted by Gasteiger charge is 2.29. The molecule has 2 amide bonds. The van der Waals surface area contributed by atoms with E-state index in [0.29, 0.717) is 17.0 Å². The zero-order chi connectivity index (χ0) is 19.2. The van der Waals surface area contributed by atoms with Gasteiger partial charge in [0.2, 0.25) is 5.91 Å². The number of aliphatic carboxylic acids is 1. The molecular formula is C20H20N2O5. The van der Waals surface area contributed by atoms with Crippen molar-refractivity contribution in [1.82, 2.24) is 5.32 Å². The van der Waals surface area contributed by atoms with Crippen molar-refractivity contribution in [2.75, 3.05) is 11.9 Å². The maximum Gasteiger partial charge on any atom is 0.341 e. The zero-order valence-electron chi connectivity index (χ0n) is 14.6. The van der Waals surface area contributed by atoms with Crippen LogP contribution >= 0.6 is 0 Å².